The molecule has 0 spiro atoms. The van der Waals surface area contributed by atoms with E-state index in [1.807, 2.05) is 6.07 Å². The fraction of sp³-hybridized carbons (Fsp3) is 0.500. The van der Waals surface area contributed by atoms with Crippen LogP contribution < -0.4 is 0 Å². The van der Waals surface area contributed by atoms with Crippen molar-refractivity contribution in [2.75, 3.05) is 14.2 Å². The number of carbonyl (C=O) groups is 1. The van der Waals surface area contributed by atoms with Crippen molar-refractivity contribution in [1.82, 2.24) is 9.29 Å². The molecule has 1 aromatic heterocycles. The van der Waals surface area contributed by atoms with Crippen LogP contribution in [0.5, 0.6) is 0 Å². The van der Waals surface area contributed by atoms with Crippen molar-refractivity contribution in [3.05, 3.63) is 11.2 Å². The summed E-state index contributed by atoms with van der Waals surface area (Å²) in [7, 11) is -1.35. The van der Waals surface area contributed by atoms with Gasteiger partial charge in [-0.05, 0) is 6.92 Å². The Hall–Kier alpha value is -1.50. The van der Waals surface area contributed by atoms with Crippen LogP contribution in [0.4, 0.5) is 0 Å². The normalized spacial score (nSPS) is 13.0. The molecular weight excluding hydrogens is 290 g/mol. The average molecular weight is 303 g/mol. The third-order valence-corrected chi connectivity index (χ3v) is 5.85. The van der Waals surface area contributed by atoms with E-state index in [9.17, 15) is 13.2 Å². The second kappa shape index (κ2) is 6.10. The van der Waals surface area contributed by atoms with Crippen LogP contribution in [-0.4, -0.2) is 43.9 Å². The molecule has 0 aliphatic carbocycles. The monoisotopic (exact) mass is 303 g/mol. The SMILES string of the molecule is COC(=O)c1ncsc1S(=O)(=O)N(C)C(C)CC#N. The number of rotatable bonds is 5. The molecule has 0 fully saturated rings. The molecule has 0 aliphatic heterocycles. The summed E-state index contributed by atoms with van der Waals surface area (Å²) in [5, 5.41) is 8.61. The van der Waals surface area contributed by atoms with Gasteiger partial charge in [-0.3, -0.25) is 0 Å². The Morgan fingerprint density at radius 1 is 1.68 bits per heavy atom. The fourth-order valence-corrected chi connectivity index (χ4v) is 3.94. The lowest BCUT2D eigenvalue weighted by Crippen LogP contribution is -2.35. The molecule has 0 amide bonds. The van der Waals surface area contributed by atoms with Gasteiger partial charge in [-0.25, -0.2) is 18.2 Å². The Balaban J connectivity index is 3.18. The standard InChI is InChI=1S/C10H13N3O4S2/c1-7(4-5-11)13(2)19(15,16)10-8(9(14)17-3)12-6-18-10/h6-7H,4H2,1-3H3. The van der Waals surface area contributed by atoms with Crippen LogP contribution in [0.1, 0.15) is 23.8 Å². The van der Waals surface area contributed by atoms with Gasteiger partial charge in [-0.2, -0.15) is 9.57 Å². The van der Waals surface area contributed by atoms with E-state index in [0.29, 0.717) is 0 Å². The number of esters is 1. The molecule has 1 heterocycles. The largest absolute Gasteiger partial charge is 0.464 e. The molecule has 9 heteroatoms. The van der Waals surface area contributed by atoms with Gasteiger partial charge >= 0.3 is 5.97 Å². The molecule has 0 radical (unpaired) electrons. The van der Waals surface area contributed by atoms with Gasteiger partial charge in [0, 0.05) is 13.1 Å². The highest BCUT2D eigenvalue weighted by Gasteiger charge is 2.32. The Morgan fingerprint density at radius 3 is 2.84 bits per heavy atom. The van der Waals surface area contributed by atoms with Crippen molar-refractivity contribution in [1.29, 1.82) is 5.26 Å². The van der Waals surface area contributed by atoms with E-state index >= 15 is 0 Å². The molecule has 0 saturated carbocycles. The van der Waals surface area contributed by atoms with Gasteiger partial charge in [0.2, 0.25) is 0 Å². The van der Waals surface area contributed by atoms with Crippen LogP contribution >= 0.6 is 11.3 Å². The van der Waals surface area contributed by atoms with Crippen molar-refractivity contribution < 1.29 is 17.9 Å². The lowest BCUT2D eigenvalue weighted by Gasteiger charge is -2.21. The van der Waals surface area contributed by atoms with E-state index in [0.717, 1.165) is 22.8 Å². The molecule has 1 rings (SSSR count). The Bertz CT molecular complexity index is 603. The summed E-state index contributed by atoms with van der Waals surface area (Å²) in [4.78, 5) is 15.2. The van der Waals surface area contributed by atoms with E-state index in [4.69, 9.17) is 5.26 Å². The van der Waals surface area contributed by atoms with Crippen LogP contribution in [0.15, 0.2) is 9.72 Å². The van der Waals surface area contributed by atoms with Crippen molar-refractivity contribution in [2.45, 2.75) is 23.6 Å². The maximum absolute atomic E-state index is 12.3. The van der Waals surface area contributed by atoms with E-state index in [1.165, 1.54) is 12.6 Å². The summed E-state index contributed by atoms with van der Waals surface area (Å²) in [6.07, 6.45) is 0.0576. The van der Waals surface area contributed by atoms with Gasteiger partial charge in [-0.1, -0.05) is 0 Å². The highest BCUT2D eigenvalue weighted by atomic mass is 32.2. The van der Waals surface area contributed by atoms with E-state index in [1.54, 1.807) is 6.92 Å². The number of aromatic nitrogens is 1. The van der Waals surface area contributed by atoms with E-state index in [-0.39, 0.29) is 16.3 Å². The third-order valence-electron chi connectivity index (χ3n) is 2.53. The quantitative estimate of drug-likeness (QED) is 0.748. The fourth-order valence-electron chi connectivity index (χ4n) is 1.28. The summed E-state index contributed by atoms with van der Waals surface area (Å²) < 4.78 is 30.0. The number of nitriles is 1. The zero-order chi connectivity index (χ0) is 14.6. The van der Waals surface area contributed by atoms with Crippen LogP contribution in [0.25, 0.3) is 0 Å². The summed E-state index contributed by atoms with van der Waals surface area (Å²) in [6.45, 7) is 1.61. The smallest absolute Gasteiger partial charge is 0.358 e. The Labute approximate surface area is 115 Å². The summed E-state index contributed by atoms with van der Waals surface area (Å²) in [6, 6.07) is 1.41. The van der Waals surface area contributed by atoms with Gasteiger partial charge in [0.05, 0.1) is 25.1 Å². The number of ether oxygens (including phenoxy) is 1. The minimum Gasteiger partial charge on any atom is -0.464 e. The predicted octanol–water partition coefficient (Wildman–Crippen LogP) is 0.852. The predicted molar refractivity (Wildman–Crippen MR) is 68.1 cm³/mol. The molecule has 19 heavy (non-hydrogen) atoms. The summed E-state index contributed by atoms with van der Waals surface area (Å²) in [5.74, 6) is -0.804. The lowest BCUT2D eigenvalue weighted by molar-refractivity contribution is 0.0590. The first-order valence-electron chi connectivity index (χ1n) is 5.23. The topological polar surface area (TPSA) is 100 Å². The molecule has 0 aliphatic rings. The molecule has 0 aromatic carbocycles. The molecule has 1 aromatic rings. The van der Waals surface area contributed by atoms with Crippen LogP contribution in [0.3, 0.4) is 0 Å². The molecule has 7 nitrogen and oxygen atoms in total. The first kappa shape index (κ1) is 15.6. The lowest BCUT2D eigenvalue weighted by atomic mass is 10.3. The van der Waals surface area contributed by atoms with E-state index < -0.39 is 22.0 Å². The average Bonchev–Trinajstić information content (AvgIpc) is 2.87. The van der Waals surface area contributed by atoms with Crippen molar-refractivity contribution >= 4 is 27.3 Å². The van der Waals surface area contributed by atoms with Crippen LogP contribution in [0.2, 0.25) is 0 Å². The Morgan fingerprint density at radius 2 is 2.32 bits per heavy atom. The third kappa shape index (κ3) is 3.09. The van der Waals surface area contributed by atoms with Crippen molar-refractivity contribution in [2.24, 2.45) is 0 Å². The number of hydrogen-bond acceptors (Lipinski definition) is 7. The molecular formula is C10H13N3O4S2. The van der Waals surface area contributed by atoms with Crippen molar-refractivity contribution in [3.63, 3.8) is 0 Å². The minimum atomic E-state index is -3.87. The first-order valence-corrected chi connectivity index (χ1v) is 7.55. The molecule has 0 bridgehead atoms. The van der Waals surface area contributed by atoms with Gasteiger partial charge in [0.1, 0.15) is 0 Å². The maximum Gasteiger partial charge on any atom is 0.358 e. The highest BCUT2D eigenvalue weighted by molar-refractivity contribution is 7.91. The van der Waals surface area contributed by atoms with Gasteiger partial charge in [0.25, 0.3) is 10.0 Å². The first-order chi connectivity index (χ1) is 8.86. The zero-order valence-corrected chi connectivity index (χ0v) is 12.3. The number of hydrogen-bond donors (Lipinski definition) is 0. The number of sulfonamides is 1. The number of thiazole rings is 1. The van der Waals surface area contributed by atoms with Gasteiger partial charge < -0.3 is 4.74 Å². The molecule has 1 unspecified atom stereocenters. The van der Waals surface area contributed by atoms with E-state index in [2.05, 4.69) is 9.72 Å². The molecule has 104 valence electrons. The highest BCUT2D eigenvalue weighted by Crippen LogP contribution is 2.25. The second-order valence-corrected chi connectivity index (χ2v) is 6.76. The van der Waals surface area contributed by atoms with Crippen molar-refractivity contribution in [3.8, 4) is 6.07 Å². The zero-order valence-electron chi connectivity index (χ0n) is 10.7. The van der Waals surface area contributed by atoms with Crippen LogP contribution in [-0.2, 0) is 14.8 Å². The molecule has 0 saturated heterocycles. The summed E-state index contributed by atoms with van der Waals surface area (Å²) >= 11 is 0.840. The second-order valence-electron chi connectivity index (χ2n) is 3.71. The Kier molecular flexibility index (Phi) is 4.99. The maximum atomic E-state index is 12.3. The number of carbonyl (C=O) groups excluding carboxylic acids is 1. The summed E-state index contributed by atoms with van der Waals surface area (Å²) in [5.41, 5.74) is 1.03. The molecule has 0 N–H and O–H groups in total. The minimum absolute atomic E-state index is 0.0576. The van der Waals surface area contributed by atoms with Gasteiger partial charge in [-0.15, -0.1) is 11.3 Å². The van der Waals surface area contributed by atoms with Gasteiger partial charge in [0.15, 0.2) is 9.90 Å². The number of methoxy groups -OCH3 is 1. The molecule has 1 atom stereocenters. The number of nitrogens with zero attached hydrogens (tertiary/aromatic N) is 3. The van der Waals surface area contributed by atoms with Crippen LogP contribution in [0, 0.1) is 11.3 Å².